The first-order valence-electron chi connectivity index (χ1n) is 8.77. The van der Waals surface area contributed by atoms with Crippen LogP contribution in [0.25, 0.3) is 10.2 Å². The van der Waals surface area contributed by atoms with Crippen molar-refractivity contribution >= 4 is 33.3 Å². The predicted octanol–water partition coefficient (Wildman–Crippen LogP) is 2.48. The molecule has 0 radical (unpaired) electrons. The summed E-state index contributed by atoms with van der Waals surface area (Å²) in [7, 11) is 0. The average Bonchev–Trinajstić information content (AvgIpc) is 3.35. The quantitative estimate of drug-likeness (QED) is 0.724. The van der Waals surface area contributed by atoms with Crippen LogP contribution in [0.4, 0.5) is 5.82 Å². The zero-order valence-corrected chi connectivity index (χ0v) is 15.2. The van der Waals surface area contributed by atoms with Crippen molar-refractivity contribution in [1.29, 1.82) is 0 Å². The number of hydrogen-bond acceptors (Lipinski definition) is 6. The normalized spacial score (nSPS) is 18.2. The van der Waals surface area contributed by atoms with Gasteiger partial charge in [0.25, 0.3) is 0 Å². The van der Waals surface area contributed by atoms with Gasteiger partial charge in [0.1, 0.15) is 23.0 Å². The summed E-state index contributed by atoms with van der Waals surface area (Å²) in [6.45, 7) is 1.25. The first kappa shape index (κ1) is 16.9. The number of fused-ring (bicyclic) bond motifs is 1. The van der Waals surface area contributed by atoms with E-state index in [1.807, 2.05) is 41.8 Å². The predicted molar refractivity (Wildman–Crippen MR) is 104 cm³/mol. The van der Waals surface area contributed by atoms with Crippen molar-refractivity contribution in [2.45, 2.75) is 24.9 Å². The molecule has 1 aliphatic heterocycles. The summed E-state index contributed by atoms with van der Waals surface area (Å²) >= 11 is 1.59. The molecule has 3 heterocycles. The van der Waals surface area contributed by atoms with Gasteiger partial charge in [0.05, 0.1) is 5.39 Å². The molecule has 1 aromatic carbocycles. The van der Waals surface area contributed by atoms with Crippen LogP contribution in [0.3, 0.4) is 0 Å². The largest absolute Gasteiger partial charge is 0.352 e. The Morgan fingerprint density at radius 1 is 1.31 bits per heavy atom. The molecular weight excluding hydrogens is 346 g/mol. The van der Waals surface area contributed by atoms with Crippen LogP contribution in [0.15, 0.2) is 48.1 Å². The minimum absolute atomic E-state index is 0.0101. The molecule has 3 aromatic rings. The Balaban J connectivity index is 1.46. The number of nitrogens with zero attached hydrogens (tertiary/aromatic N) is 3. The minimum atomic E-state index is -0.212. The molecule has 26 heavy (non-hydrogen) atoms. The van der Waals surface area contributed by atoms with Gasteiger partial charge in [-0.3, -0.25) is 4.79 Å². The van der Waals surface area contributed by atoms with Crippen molar-refractivity contribution < 1.29 is 4.79 Å². The zero-order chi connectivity index (χ0) is 17.9. The van der Waals surface area contributed by atoms with Gasteiger partial charge in [0.15, 0.2) is 0 Å². The van der Waals surface area contributed by atoms with E-state index >= 15 is 0 Å². The number of benzene rings is 1. The number of nitrogens with two attached hydrogens (primary N) is 1. The van der Waals surface area contributed by atoms with Crippen LogP contribution in [0.2, 0.25) is 0 Å². The maximum atomic E-state index is 12.8. The lowest BCUT2D eigenvalue weighted by atomic mass is 10.1. The van der Waals surface area contributed by atoms with E-state index in [-0.39, 0.29) is 18.0 Å². The van der Waals surface area contributed by atoms with Crippen molar-refractivity contribution in [2.24, 2.45) is 5.73 Å². The van der Waals surface area contributed by atoms with E-state index in [9.17, 15) is 4.79 Å². The topological polar surface area (TPSA) is 84.1 Å². The number of amides is 1. The lowest BCUT2D eigenvalue weighted by Crippen LogP contribution is -2.45. The molecule has 2 atom stereocenters. The summed E-state index contributed by atoms with van der Waals surface area (Å²) in [5.74, 6) is 0.858. The first-order chi connectivity index (χ1) is 12.7. The molecule has 134 valence electrons. The van der Waals surface area contributed by atoms with Gasteiger partial charge in [0, 0.05) is 19.1 Å². The first-order valence-corrected chi connectivity index (χ1v) is 9.65. The number of rotatable bonds is 5. The standard InChI is InChI=1S/C19H21N5OS/c20-15(13-5-2-1-3-6-13)11-21-18(25)16-7-4-9-24(16)17-14-8-10-26-19(14)23-12-22-17/h1-3,5-6,8,10,12,15-16H,4,7,9,11,20H2,(H,21,25). The Hall–Kier alpha value is -2.51. The van der Waals surface area contributed by atoms with Crippen molar-refractivity contribution in [1.82, 2.24) is 15.3 Å². The number of hydrogen-bond donors (Lipinski definition) is 2. The number of carbonyl (C=O) groups excluding carboxylic acids is 1. The second-order valence-electron chi connectivity index (χ2n) is 6.45. The van der Waals surface area contributed by atoms with Crippen LogP contribution >= 0.6 is 11.3 Å². The maximum absolute atomic E-state index is 12.8. The van der Waals surface area contributed by atoms with E-state index in [0.29, 0.717) is 6.54 Å². The molecule has 3 N–H and O–H groups in total. The lowest BCUT2D eigenvalue weighted by molar-refractivity contribution is -0.122. The fourth-order valence-electron chi connectivity index (χ4n) is 3.45. The molecule has 0 saturated carbocycles. The summed E-state index contributed by atoms with van der Waals surface area (Å²) in [6.07, 6.45) is 3.37. The minimum Gasteiger partial charge on any atom is -0.352 e. The van der Waals surface area contributed by atoms with Crippen LogP contribution in [0.5, 0.6) is 0 Å². The van der Waals surface area contributed by atoms with Crippen molar-refractivity contribution in [2.75, 3.05) is 18.0 Å². The van der Waals surface area contributed by atoms with Gasteiger partial charge < -0.3 is 16.0 Å². The number of nitrogens with one attached hydrogen (secondary N) is 1. The molecule has 2 aromatic heterocycles. The van der Waals surface area contributed by atoms with Crippen molar-refractivity contribution in [3.63, 3.8) is 0 Å². The molecule has 1 amide bonds. The van der Waals surface area contributed by atoms with Crippen LogP contribution in [0, 0.1) is 0 Å². The summed E-state index contributed by atoms with van der Waals surface area (Å²) in [5, 5.41) is 6.04. The summed E-state index contributed by atoms with van der Waals surface area (Å²) in [6, 6.07) is 11.4. The van der Waals surface area contributed by atoms with Gasteiger partial charge in [-0.25, -0.2) is 9.97 Å². The maximum Gasteiger partial charge on any atom is 0.242 e. The van der Waals surface area contributed by atoms with E-state index in [1.165, 1.54) is 0 Å². The lowest BCUT2D eigenvalue weighted by Gasteiger charge is -2.26. The van der Waals surface area contributed by atoms with E-state index < -0.39 is 0 Å². The second kappa shape index (κ2) is 7.39. The second-order valence-corrected chi connectivity index (χ2v) is 7.35. The Bertz CT molecular complexity index is 897. The molecular formula is C19H21N5OS. The Morgan fingerprint density at radius 2 is 2.15 bits per heavy atom. The van der Waals surface area contributed by atoms with Crippen LogP contribution in [0.1, 0.15) is 24.4 Å². The van der Waals surface area contributed by atoms with Crippen LogP contribution in [-0.2, 0) is 4.79 Å². The van der Waals surface area contributed by atoms with E-state index in [1.54, 1.807) is 17.7 Å². The average molecular weight is 367 g/mol. The molecule has 1 saturated heterocycles. The Morgan fingerprint density at radius 3 is 3.00 bits per heavy atom. The highest BCUT2D eigenvalue weighted by Gasteiger charge is 2.32. The molecule has 0 spiro atoms. The van der Waals surface area contributed by atoms with Crippen molar-refractivity contribution in [3.05, 3.63) is 53.7 Å². The van der Waals surface area contributed by atoms with Gasteiger partial charge in [-0.15, -0.1) is 11.3 Å². The van der Waals surface area contributed by atoms with Gasteiger partial charge in [-0.05, 0) is 29.9 Å². The van der Waals surface area contributed by atoms with E-state index in [0.717, 1.165) is 41.0 Å². The van der Waals surface area contributed by atoms with Crippen LogP contribution in [-0.4, -0.2) is 35.0 Å². The molecule has 0 aliphatic carbocycles. The Labute approximate surface area is 156 Å². The number of thiophene rings is 1. The summed E-state index contributed by atoms with van der Waals surface area (Å²) < 4.78 is 0. The Kier molecular flexibility index (Phi) is 4.81. The van der Waals surface area contributed by atoms with Gasteiger partial charge >= 0.3 is 0 Å². The summed E-state index contributed by atoms with van der Waals surface area (Å²) in [5.41, 5.74) is 7.22. The SMILES string of the molecule is NC(CNC(=O)C1CCCN1c1ncnc2sccc12)c1ccccc1. The molecule has 6 nitrogen and oxygen atoms in total. The zero-order valence-electron chi connectivity index (χ0n) is 14.3. The number of anilines is 1. The fraction of sp³-hybridized carbons (Fsp3) is 0.316. The third kappa shape index (κ3) is 3.27. The highest BCUT2D eigenvalue weighted by molar-refractivity contribution is 7.16. The van der Waals surface area contributed by atoms with Crippen molar-refractivity contribution in [3.8, 4) is 0 Å². The van der Waals surface area contributed by atoms with Gasteiger partial charge in [-0.2, -0.15) is 0 Å². The number of carbonyl (C=O) groups is 1. The highest BCUT2D eigenvalue weighted by atomic mass is 32.1. The van der Waals surface area contributed by atoms with Gasteiger partial charge in [0.2, 0.25) is 5.91 Å². The van der Waals surface area contributed by atoms with Gasteiger partial charge in [-0.1, -0.05) is 30.3 Å². The fourth-order valence-corrected chi connectivity index (χ4v) is 4.17. The molecule has 2 unspecified atom stereocenters. The third-order valence-electron chi connectivity index (χ3n) is 4.79. The smallest absolute Gasteiger partial charge is 0.242 e. The molecule has 4 rings (SSSR count). The molecule has 7 heteroatoms. The monoisotopic (exact) mass is 367 g/mol. The molecule has 1 aliphatic rings. The van der Waals surface area contributed by atoms with E-state index in [2.05, 4.69) is 20.2 Å². The van der Waals surface area contributed by atoms with Crippen LogP contribution < -0.4 is 16.0 Å². The van der Waals surface area contributed by atoms with E-state index in [4.69, 9.17) is 5.73 Å². The summed E-state index contributed by atoms with van der Waals surface area (Å²) in [4.78, 5) is 24.6. The number of aromatic nitrogens is 2. The molecule has 0 bridgehead atoms. The third-order valence-corrected chi connectivity index (χ3v) is 5.61. The molecule has 1 fully saturated rings. The highest BCUT2D eigenvalue weighted by Crippen LogP contribution is 2.31.